The number of benzene rings is 1. The third-order valence-corrected chi connectivity index (χ3v) is 5.45. The molecule has 138 valence electrons. The lowest BCUT2D eigenvalue weighted by atomic mass is 10.2. The number of pyridine rings is 1. The number of nitrogens with zero attached hydrogens (tertiary/aromatic N) is 4. The monoisotopic (exact) mass is 399 g/mol. The van der Waals surface area contributed by atoms with Crippen LogP contribution in [0, 0.1) is 0 Å². The second-order valence-electron chi connectivity index (χ2n) is 6.34. The van der Waals surface area contributed by atoms with E-state index in [0.717, 1.165) is 34.9 Å². The number of amides is 1. The van der Waals surface area contributed by atoms with Crippen molar-refractivity contribution in [2.75, 3.05) is 5.75 Å². The lowest BCUT2D eigenvalue weighted by Gasteiger charge is -2.09. The van der Waals surface area contributed by atoms with E-state index < -0.39 is 0 Å². The molecule has 1 amide bonds. The molecule has 0 radical (unpaired) electrons. The molecule has 27 heavy (non-hydrogen) atoms. The maximum Gasteiger partial charge on any atom is 0.230 e. The number of hydrogen-bond acceptors (Lipinski definition) is 5. The molecule has 0 spiro atoms. The van der Waals surface area contributed by atoms with Gasteiger partial charge in [0, 0.05) is 35.6 Å². The molecular formula is C19H18ClN5OS. The molecule has 0 bridgehead atoms. The summed E-state index contributed by atoms with van der Waals surface area (Å²) in [6.07, 6.45) is 5.73. The fourth-order valence-electron chi connectivity index (χ4n) is 2.72. The van der Waals surface area contributed by atoms with Crippen LogP contribution in [-0.2, 0) is 11.3 Å². The van der Waals surface area contributed by atoms with E-state index in [2.05, 4.69) is 25.1 Å². The molecule has 0 unspecified atom stereocenters. The first-order chi connectivity index (χ1) is 13.2. The van der Waals surface area contributed by atoms with Gasteiger partial charge >= 0.3 is 0 Å². The van der Waals surface area contributed by atoms with Crippen LogP contribution in [0.25, 0.3) is 11.4 Å². The molecule has 8 heteroatoms. The van der Waals surface area contributed by atoms with Gasteiger partial charge in [0.15, 0.2) is 11.0 Å². The van der Waals surface area contributed by atoms with Gasteiger partial charge in [0.25, 0.3) is 0 Å². The van der Waals surface area contributed by atoms with Gasteiger partial charge in [-0.15, -0.1) is 10.2 Å². The number of rotatable bonds is 7. The molecule has 1 aliphatic rings. The van der Waals surface area contributed by atoms with Crippen LogP contribution in [0.15, 0.2) is 53.9 Å². The van der Waals surface area contributed by atoms with E-state index >= 15 is 0 Å². The molecule has 1 fully saturated rings. The minimum absolute atomic E-state index is 0.0363. The van der Waals surface area contributed by atoms with Gasteiger partial charge in [-0.3, -0.25) is 14.3 Å². The van der Waals surface area contributed by atoms with Crippen molar-refractivity contribution in [3.63, 3.8) is 0 Å². The SMILES string of the molecule is O=C(CSc1nnc(-c2ccncc2)n1C1CC1)NCc1ccc(Cl)cc1. The van der Waals surface area contributed by atoms with Crippen molar-refractivity contribution in [2.45, 2.75) is 30.6 Å². The first-order valence-corrected chi connectivity index (χ1v) is 10.1. The van der Waals surface area contributed by atoms with E-state index in [4.69, 9.17) is 11.6 Å². The lowest BCUT2D eigenvalue weighted by molar-refractivity contribution is -0.118. The zero-order chi connectivity index (χ0) is 18.6. The lowest BCUT2D eigenvalue weighted by Crippen LogP contribution is -2.24. The normalized spacial score (nSPS) is 13.5. The van der Waals surface area contributed by atoms with Crippen LogP contribution >= 0.6 is 23.4 Å². The van der Waals surface area contributed by atoms with Crippen molar-refractivity contribution in [1.82, 2.24) is 25.1 Å². The van der Waals surface area contributed by atoms with E-state index in [1.807, 2.05) is 36.4 Å². The quantitative estimate of drug-likeness (QED) is 0.613. The molecule has 1 aromatic carbocycles. The average molecular weight is 400 g/mol. The van der Waals surface area contributed by atoms with Crippen LogP contribution in [0.4, 0.5) is 0 Å². The summed E-state index contributed by atoms with van der Waals surface area (Å²) in [5.41, 5.74) is 2.00. The van der Waals surface area contributed by atoms with Crippen molar-refractivity contribution in [3.8, 4) is 11.4 Å². The molecule has 1 aliphatic carbocycles. The molecule has 1 saturated carbocycles. The summed E-state index contributed by atoms with van der Waals surface area (Å²) in [6, 6.07) is 11.7. The highest BCUT2D eigenvalue weighted by atomic mass is 35.5. The third-order valence-electron chi connectivity index (χ3n) is 4.25. The van der Waals surface area contributed by atoms with E-state index in [9.17, 15) is 4.79 Å². The Morgan fingerprint density at radius 2 is 1.89 bits per heavy atom. The number of halogens is 1. The van der Waals surface area contributed by atoms with Crippen molar-refractivity contribution in [2.24, 2.45) is 0 Å². The molecule has 0 atom stereocenters. The number of carbonyl (C=O) groups is 1. The molecule has 2 aromatic heterocycles. The number of thioether (sulfide) groups is 1. The molecule has 0 aliphatic heterocycles. The second kappa shape index (κ2) is 8.10. The van der Waals surface area contributed by atoms with Crippen molar-refractivity contribution >= 4 is 29.3 Å². The average Bonchev–Trinajstić information content (AvgIpc) is 3.45. The van der Waals surface area contributed by atoms with Crippen molar-refractivity contribution in [3.05, 3.63) is 59.4 Å². The summed E-state index contributed by atoms with van der Waals surface area (Å²) in [7, 11) is 0. The van der Waals surface area contributed by atoms with Crippen molar-refractivity contribution in [1.29, 1.82) is 0 Å². The largest absolute Gasteiger partial charge is 0.351 e. The topological polar surface area (TPSA) is 72.7 Å². The first kappa shape index (κ1) is 18.0. The minimum atomic E-state index is -0.0363. The van der Waals surface area contributed by atoms with Crippen LogP contribution in [0.2, 0.25) is 5.02 Å². The first-order valence-electron chi connectivity index (χ1n) is 8.70. The van der Waals surface area contributed by atoms with E-state index in [1.165, 1.54) is 11.8 Å². The second-order valence-corrected chi connectivity index (χ2v) is 7.71. The Labute approximate surface area is 166 Å². The zero-order valence-corrected chi connectivity index (χ0v) is 16.1. The Hall–Kier alpha value is -2.38. The predicted molar refractivity (Wildman–Crippen MR) is 106 cm³/mol. The smallest absolute Gasteiger partial charge is 0.230 e. The molecule has 2 heterocycles. The van der Waals surface area contributed by atoms with Crippen molar-refractivity contribution < 1.29 is 4.79 Å². The zero-order valence-electron chi connectivity index (χ0n) is 14.5. The number of aromatic nitrogens is 4. The van der Waals surface area contributed by atoms with Gasteiger partial charge in [0.1, 0.15) is 0 Å². The Morgan fingerprint density at radius 1 is 1.15 bits per heavy atom. The number of hydrogen-bond donors (Lipinski definition) is 1. The summed E-state index contributed by atoms with van der Waals surface area (Å²) in [5.74, 6) is 1.10. The van der Waals surface area contributed by atoms with E-state index in [0.29, 0.717) is 23.4 Å². The Bertz CT molecular complexity index is 925. The summed E-state index contributed by atoms with van der Waals surface area (Å²) in [4.78, 5) is 16.3. The van der Waals surface area contributed by atoms with Crippen LogP contribution < -0.4 is 5.32 Å². The summed E-state index contributed by atoms with van der Waals surface area (Å²) < 4.78 is 2.15. The maximum atomic E-state index is 12.2. The van der Waals surface area contributed by atoms with E-state index in [1.54, 1.807) is 12.4 Å². The molecular weight excluding hydrogens is 382 g/mol. The molecule has 1 N–H and O–H groups in total. The maximum absolute atomic E-state index is 12.2. The third kappa shape index (κ3) is 4.48. The van der Waals surface area contributed by atoms with Gasteiger partial charge in [-0.2, -0.15) is 0 Å². The summed E-state index contributed by atoms with van der Waals surface area (Å²) >= 11 is 7.29. The summed E-state index contributed by atoms with van der Waals surface area (Å²) in [5, 5.41) is 13.1. The van der Waals surface area contributed by atoms with Gasteiger partial charge in [-0.05, 0) is 42.7 Å². The van der Waals surface area contributed by atoms with Gasteiger partial charge in [-0.25, -0.2) is 0 Å². The minimum Gasteiger partial charge on any atom is -0.351 e. The highest BCUT2D eigenvalue weighted by Crippen LogP contribution is 2.40. The molecule has 3 aromatic rings. The highest BCUT2D eigenvalue weighted by molar-refractivity contribution is 7.99. The number of nitrogens with one attached hydrogen (secondary N) is 1. The van der Waals surface area contributed by atoms with Gasteiger partial charge in [0.05, 0.1) is 5.75 Å². The molecule has 4 rings (SSSR count). The van der Waals surface area contributed by atoms with Crippen LogP contribution in [0.3, 0.4) is 0 Å². The molecule has 0 saturated heterocycles. The van der Waals surface area contributed by atoms with Crippen LogP contribution in [0.5, 0.6) is 0 Å². The standard InChI is InChI=1S/C19H18ClN5OS/c20-15-3-1-13(2-4-15)11-22-17(26)12-27-19-24-23-18(25(19)16-5-6-16)14-7-9-21-10-8-14/h1-4,7-10,16H,5-6,11-12H2,(H,22,26). The fraction of sp³-hybridized carbons (Fsp3) is 0.263. The fourth-order valence-corrected chi connectivity index (χ4v) is 3.68. The van der Waals surface area contributed by atoms with E-state index in [-0.39, 0.29) is 5.91 Å². The van der Waals surface area contributed by atoms with Gasteiger partial charge in [-0.1, -0.05) is 35.5 Å². The summed E-state index contributed by atoms with van der Waals surface area (Å²) in [6.45, 7) is 0.480. The number of carbonyl (C=O) groups excluding carboxylic acids is 1. The van der Waals surface area contributed by atoms with Crippen LogP contribution in [-0.4, -0.2) is 31.4 Å². The van der Waals surface area contributed by atoms with Gasteiger partial charge < -0.3 is 5.32 Å². The predicted octanol–water partition coefficient (Wildman–Crippen LogP) is 3.74. The van der Waals surface area contributed by atoms with Crippen LogP contribution in [0.1, 0.15) is 24.4 Å². The Morgan fingerprint density at radius 3 is 2.59 bits per heavy atom. The Kier molecular flexibility index (Phi) is 5.40. The molecule has 6 nitrogen and oxygen atoms in total. The highest BCUT2D eigenvalue weighted by Gasteiger charge is 2.30. The Balaban J connectivity index is 1.39. The van der Waals surface area contributed by atoms with Gasteiger partial charge in [0.2, 0.25) is 5.91 Å².